The van der Waals surface area contributed by atoms with Crippen molar-refractivity contribution in [1.82, 2.24) is 9.78 Å². The van der Waals surface area contributed by atoms with Crippen LogP contribution in [0.1, 0.15) is 91.5 Å². The predicted molar refractivity (Wildman–Crippen MR) is 137 cm³/mol. The summed E-state index contributed by atoms with van der Waals surface area (Å²) in [6.07, 6.45) is 15.4. The van der Waals surface area contributed by atoms with Crippen LogP contribution in [0.15, 0.2) is 40.5 Å². The summed E-state index contributed by atoms with van der Waals surface area (Å²) in [5.74, 6) is -0.358. The first kappa shape index (κ1) is 25.7. The summed E-state index contributed by atoms with van der Waals surface area (Å²) in [4.78, 5) is 0. The van der Waals surface area contributed by atoms with Gasteiger partial charge in [0.05, 0.1) is 23.7 Å². The third-order valence-electron chi connectivity index (χ3n) is 7.32. The normalized spacial score (nSPS) is 21.5. The molecule has 0 atom stereocenters. The van der Waals surface area contributed by atoms with Gasteiger partial charge in [-0.1, -0.05) is 51.0 Å². The molecule has 0 spiro atoms. The monoisotopic (exact) mass is 472 g/mol. The molecule has 0 fully saturated rings. The van der Waals surface area contributed by atoms with Gasteiger partial charge in [-0.05, 0) is 92.6 Å². The molecular weight excluding hydrogens is 432 g/mol. The highest BCUT2D eigenvalue weighted by Gasteiger charge is 2.27. The molecule has 2 aliphatic carbocycles. The van der Waals surface area contributed by atoms with Gasteiger partial charge in [-0.25, -0.2) is 0 Å². The third kappa shape index (κ3) is 6.57. The van der Waals surface area contributed by atoms with Crippen LogP contribution in [-0.4, -0.2) is 28.5 Å². The minimum absolute atomic E-state index is 0.112. The van der Waals surface area contributed by atoms with Crippen molar-refractivity contribution in [3.05, 3.63) is 51.9 Å². The van der Waals surface area contributed by atoms with Crippen LogP contribution in [0.4, 0.5) is 0 Å². The Labute approximate surface area is 200 Å². The van der Waals surface area contributed by atoms with Gasteiger partial charge in [-0.2, -0.15) is 13.5 Å². The molecule has 0 unspecified atom stereocenters. The fourth-order valence-corrected chi connectivity index (χ4v) is 5.81. The van der Waals surface area contributed by atoms with Crippen molar-refractivity contribution in [3.8, 4) is 0 Å². The number of rotatable bonds is 7. The fourth-order valence-electron chi connectivity index (χ4n) is 5.41. The van der Waals surface area contributed by atoms with E-state index in [1.54, 1.807) is 4.68 Å². The van der Waals surface area contributed by atoms with Gasteiger partial charge in [0.2, 0.25) is 0 Å². The molecule has 0 saturated carbocycles. The van der Waals surface area contributed by atoms with Crippen LogP contribution in [0.5, 0.6) is 0 Å². The molecule has 1 aromatic rings. The lowest BCUT2D eigenvalue weighted by Crippen LogP contribution is -2.19. The largest absolute Gasteiger partial charge is 0.285 e. The molecule has 0 amide bonds. The summed E-state index contributed by atoms with van der Waals surface area (Å²) in [6.45, 7) is 13.7. The average molecular weight is 473 g/mol. The van der Waals surface area contributed by atoms with Crippen molar-refractivity contribution < 1.29 is 13.0 Å². The topological polar surface area (TPSA) is 72.2 Å². The maximum Gasteiger partial charge on any atom is 0.266 e. The molecule has 3 rings (SSSR count). The Morgan fingerprint density at radius 1 is 0.939 bits per heavy atom. The minimum atomic E-state index is -4.06. The van der Waals surface area contributed by atoms with Gasteiger partial charge in [-0.3, -0.25) is 9.23 Å². The van der Waals surface area contributed by atoms with Gasteiger partial charge in [-0.15, -0.1) is 0 Å². The fraction of sp³-hybridized carbons (Fsp3) is 0.593. The zero-order valence-corrected chi connectivity index (χ0v) is 21.9. The van der Waals surface area contributed by atoms with Gasteiger partial charge >= 0.3 is 0 Å². The van der Waals surface area contributed by atoms with Crippen molar-refractivity contribution in [2.24, 2.45) is 10.8 Å². The maximum absolute atomic E-state index is 11.4. The Kier molecular flexibility index (Phi) is 7.59. The van der Waals surface area contributed by atoms with Crippen LogP contribution in [0.3, 0.4) is 0 Å². The van der Waals surface area contributed by atoms with Gasteiger partial charge in [0.15, 0.2) is 0 Å². The SMILES string of the molecule is CC1=C(/C=C/c2cc(/C=C/C3=C(C)CCCC3(C)C)n(CCS(=O)(=O)O)n2)C(C)(C)CCC1. The van der Waals surface area contributed by atoms with E-state index in [9.17, 15) is 13.0 Å². The van der Waals surface area contributed by atoms with Crippen LogP contribution in [-0.2, 0) is 16.7 Å². The van der Waals surface area contributed by atoms with E-state index >= 15 is 0 Å². The summed E-state index contributed by atoms with van der Waals surface area (Å²) in [6, 6.07) is 1.99. The first-order chi connectivity index (χ1) is 15.3. The zero-order chi connectivity index (χ0) is 24.4. The number of aromatic nitrogens is 2. The standard InChI is InChI=1S/C27H40N2O3S/c1-20-9-7-15-26(3,4)24(20)13-11-22-19-23(29(28-22)17-18-33(30,31)32)12-14-25-21(2)10-8-16-27(25,5)6/h11-14,19H,7-10,15-18H2,1-6H3,(H,30,31,32)/b13-11+,14-12+. The van der Waals surface area contributed by atoms with Crippen LogP contribution in [0.25, 0.3) is 12.2 Å². The lowest BCUT2D eigenvalue weighted by Gasteiger charge is -2.32. The van der Waals surface area contributed by atoms with E-state index < -0.39 is 10.1 Å². The molecule has 0 saturated heterocycles. The average Bonchev–Trinajstić information content (AvgIpc) is 3.06. The van der Waals surface area contributed by atoms with E-state index in [-0.39, 0.29) is 23.1 Å². The zero-order valence-electron chi connectivity index (χ0n) is 21.1. The molecule has 2 aliphatic rings. The molecule has 1 aromatic heterocycles. The Morgan fingerprint density at radius 2 is 1.45 bits per heavy atom. The molecule has 0 radical (unpaired) electrons. The van der Waals surface area contributed by atoms with Gasteiger partial charge in [0.25, 0.3) is 10.1 Å². The van der Waals surface area contributed by atoms with Crippen LogP contribution in [0, 0.1) is 10.8 Å². The molecule has 5 nitrogen and oxygen atoms in total. The number of hydrogen-bond donors (Lipinski definition) is 1. The highest BCUT2D eigenvalue weighted by Crippen LogP contribution is 2.42. The molecule has 1 N–H and O–H groups in total. The van der Waals surface area contributed by atoms with Gasteiger partial charge < -0.3 is 0 Å². The van der Waals surface area contributed by atoms with E-state index in [4.69, 9.17) is 0 Å². The Balaban J connectivity index is 1.94. The maximum atomic E-state index is 11.4. The number of allylic oxidation sites excluding steroid dienone is 6. The van der Waals surface area contributed by atoms with Crippen LogP contribution >= 0.6 is 0 Å². The van der Waals surface area contributed by atoms with Gasteiger partial charge in [0, 0.05) is 0 Å². The van der Waals surface area contributed by atoms with Crippen molar-refractivity contribution >= 4 is 22.3 Å². The summed E-state index contributed by atoms with van der Waals surface area (Å²) in [7, 11) is -4.06. The summed E-state index contributed by atoms with van der Waals surface area (Å²) < 4.78 is 33.7. The molecular formula is C27H40N2O3S. The Morgan fingerprint density at radius 3 is 1.94 bits per heavy atom. The number of aryl methyl sites for hydroxylation is 1. The minimum Gasteiger partial charge on any atom is -0.285 e. The molecule has 0 bridgehead atoms. The second-order valence-corrected chi connectivity index (χ2v) is 12.6. The molecule has 6 heteroatoms. The molecule has 0 aromatic carbocycles. The first-order valence-electron chi connectivity index (χ1n) is 12.1. The van der Waals surface area contributed by atoms with E-state index in [0.717, 1.165) is 30.7 Å². The summed E-state index contributed by atoms with van der Waals surface area (Å²) in [5, 5.41) is 4.65. The summed E-state index contributed by atoms with van der Waals surface area (Å²) >= 11 is 0. The highest BCUT2D eigenvalue weighted by atomic mass is 32.2. The number of hydrogen-bond acceptors (Lipinski definition) is 3. The smallest absolute Gasteiger partial charge is 0.266 e. The van der Waals surface area contributed by atoms with Crippen molar-refractivity contribution in [2.75, 3.05) is 5.75 Å². The highest BCUT2D eigenvalue weighted by molar-refractivity contribution is 7.85. The molecule has 0 aliphatic heterocycles. The lowest BCUT2D eigenvalue weighted by atomic mass is 9.72. The van der Waals surface area contributed by atoms with Crippen LogP contribution in [0.2, 0.25) is 0 Å². The predicted octanol–water partition coefficient (Wildman–Crippen LogP) is 6.85. The van der Waals surface area contributed by atoms with Gasteiger partial charge in [0.1, 0.15) is 0 Å². The lowest BCUT2D eigenvalue weighted by molar-refractivity contribution is 0.377. The van der Waals surface area contributed by atoms with Crippen molar-refractivity contribution in [3.63, 3.8) is 0 Å². The first-order valence-corrected chi connectivity index (χ1v) is 13.7. The van der Waals surface area contributed by atoms with Crippen molar-refractivity contribution in [1.29, 1.82) is 0 Å². The molecule has 33 heavy (non-hydrogen) atoms. The molecule has 1 heterocycles. The van der Waals surface area contributed by atoms with Crippen LogP contribution < -0.4 is 0 Å². The second kappa shape index (κ2) is 9.75. The van der Waals surface area contributed by atoms with E-state index in [0.29, 0.717) is 0 Å². The Bertz CT molecular complexity index is 1110. The van der Waals surface area contributed by atoms with E-state index in [1.807, 2.05) is 18.2 Å². The Hall–Kier alpha value is -1.92. The molecule has 182 valence electrons. The van der Waals surface area contributed by atoms with E-state index in [1.165, 1.54) is 41.6 Å². The van der Waals surface area contributed by atoms with Crippen molar-refractivity contribution in [2.45, 2.75) is 86.6 Å². The number of nitrogens with zero attached hydrogens (tertiary/aromatic N) is 2. The van der Waals surface area contributed by atoms with E-state index in [2.05, 4.69) is 58.8 Å². The third-order valence-corrected chi connectivity index (χ3v) is 8.02. The second-order valence-electron chi connectivity index (χ2n) is 11.0. The quantitative estimate of drug-likeness (QED) is 0.440. The summed E-state index contributed by atoms with van der Waals surface area (Å²) in [5.41, 5.74) is 7.45.